The molecule has 0 unspecified atom stereocenters. The van der Waals surface area contributed by atoms with E-state index in [1.54, 1.807) is 0 Å². The van der Waals surface area contributed by atoms with Crippen LogP contribution in [0.25, 0.3) is 0 Å². The largest absolute Gasteiger partial charge is 0.383 e. The van der Waals surface area contributed by atoms with Crippen molar-refractivity contribution < 1.29 is 0 Å². The molecule has 15 heavy (non-hydrogen) atoms. The van der Waals surface area contributed by atoms with Crippen LogP contribution < -0.4 is 5.73 Å². The maximum atomic E-state index is 5.80. The van der Waals surface area contributed by atoms with Gasteiger partial charge in [-0.05, 0) is 41.4 Å². The molecule has 0 aromatic carbocycles. The summed E-state index contributed by atoms with van der Waals surface area (Å²) in [5, 5.41) is 0. The summed E-state index contributed by atoms with van der Waals surface area (Å²) in [4.78, 5) is 8.77. The normalized spacial score (nSPS) is 26.5. The quantitative estimate of drug-likeness (QED) is 0.810. The van der Waals surface area contributed by atoms with Gasteiger partial charge in [0, 0.05) is 12.1 Å². The van der Waals surface area contributed by atoms with Crippen molar-refractivity contribution in [3.05, 3.63) is 15.6 Å². The van der Waals surface area contributed by atoms with E-state index >= 15 is 0 Å². The molecule has 1 aromatic heterocycles. The molecule has 0 aliphatic heterocycles. The molecule has 0 bridgehead atoms. The lowest BCUT2D eigenvalue weighted by Crippen LogP contribution is -2.14. The Balaban J connectivity index is 2.12. The summed E-state index contributed by atoms with van der Waals surface area (Å²) in [6, 6.07) is 0. The van der Waals surface area contributed by atoms with Crippen LogP contribution in [0.5, 0.6) is 0 Å². The molecule has 2 rings (SSSR count). The van der Waals surface area contributed by atoms with Gasteiger partial charge in [-0.3, -0.25) is 0 Å². The Morgan fingerprint density at radius 3 is 2.60 bits per heavy atom. The number of nitrogens with two attached hydrogens (primary N) is 1. The number of nitrogen functional groups attached to an aromatic ring is 1. The van der Waals surface area contributed by atoms with Crippen LogP contribution in [0.2, 0.25) is 0 Å². The first-order valence-corrected chi connectivity index (χ1v) is 6.52. The highest BCUT2D eigenvalue weighted by Gasteiger charge is 2.22. The highest BCUT2D eigenvalue weighted by Crippen LogP contribution is 2.34. The van der Waals surface area contributed by atoms with Gasteiger partial charge in [0.25, 0.3) is 0 Å². The Labute approximate surface area is 104 Å². The van der Waals surface area contributed by atoms with E-state index in [9.17, 15) is 0 Å². The molecule has 0 radical (unpaired) electrons. The van der Waals surface area contributed by atoms with Crippen LogP contribution in [0.4, 0.5) is 5.82 Å². The molecular weight excluding hydrogens is 301 g/mol. The van der Waals surface area contributed by atoms with E-state index in [0.717, 1.165) is 15.3 Å². The predicted octanol–water partition coefficient (Wildman–Crippen LogP) is 2.96. The van der Waals surface area contributed by atoms with Crippen LogP contribution >= 0.6 is 22.6 Å². The number of hydrogen-bond acceptors (Lipinski definition) is 3. The highest BCUT2D eigenvalue weighted by molar-refractivity contribution is 14.1. The topological polar surface area (TPSA) is 51.8 Å². The fourth-order valence-electron chi connectivity index (χ4n) is 2.11. The Bertz CT molecular complexity index is 346. The summed E-state index contributed by atoms with van der Waals surface area (Å²) in [7, 11) is 0. The van der Waals surface area contributed by atoms with Crippen molar-refractivity contribution in [1.82, 2.24) is 9.97 Å². The molecule has 0 atom stereocenters. The van der Waals surface area contributed by atoms with Crippen LogP contribution in [-0.2, 0) is 0 Å². The lowest BCUT2D eigenvalue weighted by molar-refractivity contribution is 0.340. The molecule has 3 nitrogen and oxygen atoms in total. The van der Waals surface area contributed by atoms with Gasteiger partial charge in [0.05, 0.1) is 3.57 Å². The number of anilines is 1. The summed E-state index contributed by atoms with van der Waals surface area (Å²) in [5.41, 5.74) is 5.80. The first-order valence-electron chi connectivity index (χ1n) is 5.44. The molecule has 1 fully saturated rings. The Morgan fingerprint density at radius 1 is 1.33 bits per heavy atom. The molecule has 1 saturated carbocycles. The maximum Gasteiger partial charge on any atom is 0.140 e. The molecule has 82 valence electrons. The Kier molecular flexibility index (Phi) is 3.43. The molecule has 1 aliphatic carbocycles. The van der Waals surface area contributed by atoms with Gasteiger partial charge in [0.2, 0.25) is 0 Å². The van der Waals surface area contributed by atoms with Crippen LogP contribution in [0.15, 0.2) is 6.20 Å². The predicted molar refractivity (Wildman–Crippen MR) is 69.5 cm³/mol. The zero-order valence-corrected chi connectivity index (χ0v) is 11.1. The molecule has 2 N–H and O–H groups in total. The van der Waals surface area contributed by atoms with Crippen molar-refractivity contribution in [3.63, 3.8) is 0 Å². The van der Waals surface area contributed by atoms with Crippen LogP contribution in [0, 0.1) is 9.49 Å². The van der Waals surface area contributed by atoms with Crippen molar-refractivity contribution in [3.8, 4) is 0 Å². The summed E-state index contributed by atoms with van der Waals surface area (Å²) in [6.45, 7) is 2.32. The lowest BCUT2D eigenvalue weighted by Gasteiger charge is -2.25. The average Bonchev–Trinajstić information content (AvgIpc) is 2.23. The second kappa shape index (κ2) is 4.63. The SMILES string of the molecule is CC1CCC(c2ncc(I)c(N)n2)CC1. The van der Waals surface area contributed by atoms with Crippen molar-refractivity contribution >= 4 is 28.4 Å². The minimum absolute atomic E-state index is 0.528. The van der Waals surface area contributed by atoms with Gasteiger partial charge in [-0.2, -0.15) is 0 Å². The molecular formula is C11H16IN3. The van der Waals surface area contributed by atoms with E-state index in [4.69, 9.17) is 5.73 Å². The van der Waals surface area contributed by atoms with Crippen LogP contribution in [0.1, 0.15) is 44.3 Å². The minimum Gasteiger partial charge on any atom is -0.383 e. The monoisotopic (exact) mass is 317 g/mol. The Hall–Kier alpha value is -0.390. The van der Waals surface area contributed by atoms with E-state index in [1.165, 1.54) is 25.7 Å². The third-order valence-corrected chi connectivity index (χ3v) is 4.00. The highest BCUT2D eigenvalue weighted by atomic mass is 127. The summed E-state index contributed by atoms with van der Waals surface area (Å²) in [6.07, 6.45) is 6.83. The number of nitrogens with zero attached hydrogens (tertiary/aromatic N) is 2. The van der Waals surface area contributed by atoms with E-state index in [0.29, 0.717) is 11.7 Å². The van der Waals surface area contributed by atoms with Gasteiger partial charge in [-0.15, -0.1) is 0 Å². The number of halogens is 1. The number of rotatable bonds is 1. The van der Waals surface area contributed by atoms with Gasteiger partial charge in [0.15, 0.2) is 0 Å². The minimum atomic E-state index is 0.528. The zero-order valence-electron chi connectivity index (χ0n) is 8.91. The first-order chi connectivity index (χ1) is 7.16. The summed E-state index contributed by atoms with van der Waals surface area (Å²) >= 11 is 2.17. The van der Waals surface area contributed by atoms with Gasteiger partial charge >= 0.3 is 0 Å². The maximum absolute atomic E-state index is 5.80. The molecule has 0 saturated heterocycles. The second-order valence-electron chi connectivity index (χ2n) is 4.42. The van der Waals surface area contributed by atoms with Crippen molar-refractivity contribution in [2.24, 2.45) is 5.92 Å². The van der Waals surface area contributed by atoms with Crippen molar-refractivity contribution in [2.75, 3.05) is 5.73 Å². The van der Waals surface area contributed by atoms with Crippen LogP contribution in [-0.4, -0.2) is 9.97 Å². The fraction of sp³-hybridized carbons (Fsp3) is 0.636. The number of hydrogen-bond donors (Lipinski definition) is 1. The fourth-order valence-corrected chi connectivity index (χ4v) is 2.37. The van der Waals surface area contributed by atoms with Gasteiger partial charge in [-0.1, -0.05) is 19.8 Å². The smallest absolute Gasteiger partial charge is 0.140 e. The van der Waals surface area contributed by atoms with Crippen LogP contribution in [0.3, 0.4) is 0 Å². The van der Waals surface area contributed by atoms with E-state index in [-0.39, 0.29) is 0 Å². The van der Waals surface area contributed by atoms with Gasteiger partial charge in [0.1, 0.15) is 11.6 Å². The third kappa shape index (κ3) is 2.59. The summed E-state index contributed by atoms with van der Waals surface area (Å²) in [5.74, 6) is 2.96. The number of aromatic nitrogens is 2. The second-order valence-corrected chi connectivity index (χ2v) is 5.58. The van der Waals surface area contributed by atoms with E-state index < -0.39 is 0 Å². The van der Waals surface area contributed by atoms with Gasteiger partial charge < -0.3 is 5.73 Å². The molecule has 1 aliphatic rings. The molecule has 0 amide bonds. The first kappa shape index (κ1) is 11.1. The average molecular weight is 317 g/mol. The zero-order chi connectivity index (χ0) is 10.8. The Morgan fingerprint density at radius 2 is 2.00 bits per heavy atom. The molecule has 1 heterocycles. The van der Waals surface area contributed by atoms with E-state index in [2.05, 4.69) is 39.5 Å². The summed E-state index contributed by atoms with van der Waals surface area (Å²) < 4.78 is 0.945. The molecule has 0 spiro atoms. The van der Waals surface area contributed by atoms with Crippen molar-refractivity contribution in [1.29, 1.82) is 0 Å². The van der Waals surface area contributed by atoms with Gasteiger partial charge in [-0.25, -0.2) is 9.97 Å². The molecule has 1 aromatic rings. The lowest BCUT2D eigenvalue weighted by atomic mass is 9.82. The van der Waals surface area contributed by atoms with E-state index in [1.807, 2.05) is 6.20 Å². The standard InChI is InChI=1S/C11H16IN3/c1-7-2-4-8(5-3-7)11-14-6-9(12)10(13)15-11/h6-8H,2-5H2,1H3,(H2,13,14,15). The third-order valence-electron chi connectivity index (χ3n) is 3.17. The van der Waals surface area contributed by atoms with Crippen molar-refractivity contribution in [2.45, 2.75) is 38.5 Å². The molecule has 4 heteroatoms.